The number of alkyl carbamates (subject to hydrolysis) is 1. The number of carbonyl (C=O) groups excluding carboxylic acids is 2. The summed E-state index contributed by atoms with van der Waals surface area (Å²) in [5.41, 5.74) is 0.723. The van der Waals surface area contributed by atoms with Crippen molar-refractivity contribution in [3.8, 4) is 0 Å². The van der Waals surface area contributed by atoms with Crippen molar-refractivity contribution in [2.75, 3.05) is 13.1 Å². The van der Waals surface area contributed by atoms with Crippen LogP contribution in [0.1, 0.15) is 23.6 Å². The number of nitrogens with zero attached hydrogens (tertiary/aromatic N) is 3. The van der Waals surface area contributed by atoms with Crippen LogP contribution in [0, 0.1) is 0 Å². The van der Waals surface area contributed by atoms with Crippen LogP contribution < -0.4 is 5.32 Å². The van der Waals surface area contributed by atoms with Crippen molar-refractivity contribution < 1.29 is 14.3 Å². The fourth-order valence-electron chi connectivity index (χ4n) is 2.11. The Balaban J connectivity index is 1.56. The number of fused-ring (bicyclic) bond motifs is 1. The summed E-state index contributed by atoms with van der Waals surface area (Å²) in [6.45, 7) is 4.52. The Morgan fingerprint density at radius 2 is 2.23 bits per heavy atom. The Labute approximate surface area is 131 Å². The third kappa shape index (κ3) is 3.01. The van der Waals surface area contributed by atoms with E-state index in [1.807, 2.05) is 19.9 Å². The molecule has 1 aliphatic heterocycles. The summed E-state index contributed by atoms with van der Waals surface area (Å²) in [6, 6.07) is 1.86. The maximum Gasteiger partial charge on any atom is 0.407 e. The molecule has 1 saturated heterocycles. The number of likely N-dealkylation sites (tertiary alicyclic amines) is 1. The van der Waals surface area contributed by atoms with Gasteiger partial charge in [0.2, 0.25) is 0 Å². The quantitative estimate of drug-likeness (QED) is 0.929. The van der Waals surface area contributed by atoms with Crippen LogP contribution >= 0.6 is 11.3 Å². The molecule has 0 radical (unpaired) electrons. The van der Waals surface area contributed by atoms with Gasteiger partial charge in [0.05, 0.1) is 24.0 Å². The van der Waals surface area contributed by atoms with E-state index in [4.69, 9.17) is 4.74 Å². The van der Waals surface area contributed by atoms with Gasteiger partial charge in [-0.15, -0.1) is 11.3 Å². The highest BCUT2D eigenvalue weighted by Gasteiger charge is 2.35. The second-order valence-corrected chi connectivity index (χ2v) is 6.43. The molecule has 3 heterocycles. The number of amides is 2. The van der Waals surface area contributed by atoms with Gasteiger partial charge in [0.15, 0.2) is 5.01 Å². The number of pyridine rings is 1. The average Bonchev–Trinajstić information content (AvgIpc) is 2.84. The summed E-state index contributed by atoms with van der Waals surface area (Å²) < 4.78 is 6.13. The standard InChI is InChI=1S/C14H16N4O3S/c1-8(2)16-14(20)21-9-6-18(7-9)13(19)12-17-10-5-15-4-3-11(10)22-12/h3-5,8-9H,6-7H2,1-2H3,(H,16,20). The summed E-state index contributed by atoms with van der Waals surface area (Å²) in [6.07, 6.45) is 2.62. The van der Waals surface area contributed by atoms with Gasteiger partial charge >= 0.3 is 6.09 Å². The van der Waals surface area contributed by atoms with E-state index in [-0.39, 0.29) is 18.1 Å². The van der Waals surface area contributed by atoms with Gasteiger partial charge < -0.3 is 15.0 Å². The second kappa shape index (κ2) is 5.88. The van der Waals surface area contributed by atoms with Crippen LogP contribution in [0.3, 0.4) is 0 Å². The molecule has 2 aromatic heterocycles. The molecule has 0 unspecified atom stereocenters. The molecular formula is C14H16N4O3S. The predicted molar refractivity (Wildman–Crippen MR) is 81.9 cm³/mol. The number of nitrogens with one attached hydrogen (secondary N) is 1. The van der Waals surface area contributed by atoms with Crippen LogP contribution in [0.5, 0.6) is 0 Å². The lowest BCUT2D eigenvalue weighted by atomic mass is 10.1. The van der Waals surface area contributed by atoms with Crippen LogP contribution in [0.2, 0.25) is 0 Å². The van der Waals surface area contributed by atoms with Gasteiger partial charge in [-0.25, -0.2) is 9.78 Å². The van der Waals surface area contributed by atoms with Crippen LogP contribution in [0.4, 0.5) is 4.79 Å². The number of hydrogen-bond donors (Lipinski definition) is 1. The Morgan fingerprint density at radius 1 is 1.45 bits per heavy atom. The third-order valence-corrected chi connectivity index (χ3v) is 4.21. The number of ether oxygens (including phenoxy) is 1. The van der Waals surface area contributed by atoms with Crippen molar-refractivity contribution in [3.05, 3.63) is 23.5 Å². The first-order valence-electron chi connectivity index (χ1n) is 7.00. The Kier molecular flexibility index (Phi) is 3.93. The van der Waals surface area contributed by atoms with Gasteiger partial charge in [0.1, 0.15) is 11.6 Å². The fourth-order valence-corrected chi connectivity index (χ4v) is 3.01. The SMILES string of the molecule is CC(C)NC(=O)OC1CN(C(=O)c2nc3cnccc3s2)C1. The first-order chi connectivity index (χ1) is 10.5. The highest BCUT2D eigenvalue weighted by Crippen LogP contribution is 2.24. The monoisotopic (exact) mass is 320 g/mol. The van der Waals surface area contributed by atoms with Crippen molar-refractivity contribution in [1.29, 1.82) is 0 Å². The second-order valence-electron chi connectivity index (χ2n) is 5.40. The molecule has 3 rings (SSSR count). The molecule has 0 aromatic carbocycles. The van der Waals surface area contributed by atoms with Crippen molar-refractivity contribution in [2.45, 2.75) is 26.0 Å². The van der Waals surface area contributed by atoms with Gasteiger partial charge in [-0.3, -0.25) is 9.78 Å². The highest BCUT2D eigenvalue weighted by atomic mass is 32.1. The number of rotatable bonds is 3. The first kappa shape index (κ1) is 14.7. The van der Waals surface area contributed by atoms with Gasteiger partial charge in [0, 0.05) is 12.2 Å². The predicted octanol–water partition coefficient (Wildman–Crippen LogP) is 1.65. The maximum absolute atomic E-state index is 12.3. The molecule has 22 heavy (non-hydrogen) atoms. The minimum atomic E-state index is -0.446. The number of aromatic nitrogens is 2. The third-order valence-electron chi connectivity index (χ3n) is 3.19. The molecule has 0 bridgehead atoms. The molecule has 0 aliphatic carbocycles. The molecule has 0 spiro atoms. The smallest absolute Gasteiger partial charge is 0.407 e. The summed E-state index contributed by atoms with van der Waals surface area (Å²) in [5, 5.41) is 3.09. The zero-order chi connectivity index (χ0) is 15.7. The fraction of sp³-hybridized carbons (Fsp3) is 0.429. The number of carbonyl (C=O) groups is 2. The van der Waals surface area contributed by atoms with Crippen LogP contribution in [0.15, 0.2) is 18.5 Å². The van der Waals surface area contributed by atoms with E-state index in [0.717, 1.165) is 10.2 Å². The molecule has 2 aromatic rings. The minimum Gasteiger partial charge on any atom is -0.442 e. The topological polar surface area (TPSA) is 84.4 Å². The average molecular weight is 320 g/mol. The van der Waals surface area contributed by atoms with E-state index >= 15 is 0 Å². The summed E-state index contributed by atoms with van der Waals surface area (Å²) in [4.78, 5) is 33.7. The van der Waals surface area contributed by atoms with Crippen molar-refractivity contribution in [2.24, 2.45) is 0 Å². The van der Waals surface area contributed by atoms with Crippen LogP contribution in [-0.2, 0) is 4.74 Å². The summed E-state index contributed by atoms with van der Waals surface area (Å²) in [5.74, 6) is -0.134. The van der Waals surface area contributed by atoms with Crippen LogP contribution in [-0.4, -0.2) is 52.1 Å². The van der Waals surface area contributed by atoms with Gasteiger partial charge in [-0.1, -0.05) is 0 Å². The van der Waals surface area contributed by atoms with Crippen molar-refractivity contribution in [1.82, 2.24) is 20.2 Å². The molecule has 1 fully saturated rings. The molecule has 0 atom stereocenters. The normalized spacial score (nSPS) is 15.0. The molecule has 116 valence electrons. The largest absolute Gasteiger partial charge is 0.442 e. The number of thiazole rings is 1. The zero-order valence-electron chi connectivity index (χ0n) is 12.3. The van der Waals surface area contributed by atoms with Crippen LogP contribution in [0.25, 0.3) is 10.2 Å². The molecule has 8 heteroatoms. The van der Waals surface area contributed by atoms with E-state index < -0.39 is 6.09 Å². The van der Waals surface area contributed by atoms with E-state index in [9.17, 15) is 9.59 Å². The van der Waals surface area contributed by atoms with E-state index in [1.165, 1.54) is 11.3 Å². The number of hydrogen-bond acceptors (Lipinski definition) is 6. The molecule has 7 nitrogen and oxygen atoms in total. The van der Waals surface area contributed by atoms with E-state index in [2.05, 4.69) is 15.3 Å². The summed E-state index contributed by atoms with van der Waals surface area (Å²) in [7, 11) is 0. The van der Waals surface area contributed by atoms with E-state index in [0.29, 0.717) is 18.1 Å². The molecule has 2 amide bonds. The zero-order valence-corrected chi connectivity index (χ0v) is 13.1. The van der Waals surface area contributed by atoms with E-state index in [1.54, 1.807) is 17.3 Å². The summed E-state index contributed by atoms with van der Waals surface area (Å²) >= 11 is 1.34. The molecular weight excluding hydrogens is 304 g/mol. The Hall–Kier alpha value is -2.22. The lowest BCUT2D eigenvalue weighted by Gasteiger charge is -2.37. The molecule has 0 saturated carbocycles. The first-order valence-corrected chi connectivity index (χ1v) is 7.81. The van der Waals surface area contributed by atoms with Crippen molar-refractivity contribution >= 4 is 33.6 Å². The maximum atomic E-state index is 12.3. The van der Waals surface area contributed by atoms with Gasteiger partial charge in [-0.05, 0) is 19.9 Å². The Morgan fingerprint density at radius 3 is 2.91 bits per heavy atom. The lowest BCUT2D eigenvalue weighted by Crippen LogP contribution is -2.56. The van der Waals surface area contributed by atoms with Gasteiger partial charge in [0.25, 0.3) is 5.91 Å². The molecule has 1 aliphatic rings. The highest BCUT2D eigenvalue weighted by molar-refractivity contribution is 7.20. The minimum absolute atomic E-state index is 0.0293. The van der Waals surface area contributed by atoms with Crippen molar-refractivity contribution in [3.63, 3.8) is 0 Å². The lowest BCUT2D eigenvalue weighted by molar-refractivity contribution is -0.00700. The molecule has 1 N–H and O–H groups in total. The Bertz CT molecular complexity index is 676. The van der Waals surface area contributed by atoms with Gasteiger partial charge in [-0.2, -0.15) is 0 Å².